The minimum Gasteiger partial charge on any atom is -0.462 e. The van der Waals surface area contributed by atoms with Crippen molar-refractivity contribution in [3.8, 4) is 5.69 Å². The number of anilines is 1. The molecule has 0 aliphatic rings. The molecule has 1 N–H and O–H groups in total. The molecule has 0 fully saturated rings. The topological polar surface area (TPSA) is 73.2 Å². The first kappa shape index (κ1) is 17.7. The molecule has 1 aromatic carbocycles. The van der Waals surface area contributed by atoms with Gasteiger partial charge in [-0.25, -0.2) is 9.48 Å². The molecular formula is C18H23N3O3. The van der Waals surface area contributed by atoms with Crippen LogP contribution in [0.5, 0.6) is 0 Å². The van der Waals surface area contributed by atoms with Gasteiger partial charge in [-0.2, -0.15) is 5.10 Å². The second-order valence-corrected chi connectivity index (χ2v) is 5.38. The minimum atomic E-state index is -0.500. The molecule has 0 aliphatic carbocycles. The zero-order chi connectivity index (χ0) is 17.5. The number of amides is 1. The summed E-state index contributed by atoms with van der Waals surface area (Å²) in [6, 6.07) is 9.34. The number of ether oxygens (including phenoxy) is 1. The lowest BCUT2D eigenvalue weighted by molar-refractivity contribution is -0.120. The highest BCUT2D eigenvalue weighted by atomic mass is 16.5. The Kier molecular flexibility index (Phi) is 6.12. The maximum Gasteiger partial charge on any atom is 0.343 e. The van der Waals surface area contributed by atoms with Gasteiger partial charge in [0.2, 0.25) is 5.91 Å². The summed E-state index contributed by atoms with van der Waals surface area (Å²) in [6.45, 7) is 5.93. The van der Waals surface area contributed by atoms with Crippen LogP contribution in [0.4, 0.5) is 5.82 Å². The summed E-state index contributed by atoms with van der Waals surface area (Å²) in [4.78, 5) is 24.7. The van der Waals surface area contributed by atoms with Crippen LogP contribution in [0.3, 0.4) is 0 Å². The van der Waals surface area contributed by atoms with E-state index >= 15 is 0 Å². The van der Waals surface area contributed by atoms with Gasteiger partial charge in [0.25, 0.3) is 0 Å². The highest BCUT2D eigenvalue weighted by molar-refractivity contribution is 6.01. The standard InChI is InChI=1S/C18H23N3O3/c1-4-13(5-2)17(22)20-16-15(18(23)24-6-3)12-19-21(16)14-10-8-7-9-11-14/h7-13H,4-6H2,1-3H3,(H,20,22). The number of para-hydroxylation sites is 1. The van der Waals surface area contributed by atoms with E-state index in [1.165, 1.54) is 6.20 Å². The zero-order valence-corrected chi connectivity index (χ0v) is 14.3. The summed E-state index contributed by atoms with van der Waals surface area (Å²) in [5.74, 6) is -0.390. The van der Waals surface area contributed by atoms with Gasteiger partial charge in [-0.1, -0.05) is 32.0 Å². The Morgan fingerprint density at radius 1 is 1.17 bits per heavy atom. The molecule has 6 heteroatoms. The second kappa shape index (κ2) is 8.29. The van der Waals surface area contributed by atoms with Crippen molar-refractivity contribution < 1.29 is 14.3 Å². The lowest BCUT2D eigenvalue weighted by Crippen LogP contribution is -2.24. The molecule has 0 spiro atoms. The number of hydrogen-bond acceptors (Lipinski definition) is 4. The van der Waals surface area contributed by atoms with Crippen LogP contribution in [0.15, 0.2) is 36.5 Å². The Balaban J connectivity index is 2.42. The van der Waals surface area contributed by atoms with Crippen LogP contribution in [0.2, 0.25) is 0 Å². The van der Waals surface area contributed by atoms with E-state index in [1.807, 2.05) is 44.2 Å². The third-order valence-corrected chi connectivity index (χ3v) is 3.86. The number of hydrogen-bond donors (Lipinski definition) is 1. The number of esters is 1. The summed E-state index contributed by atoms with van der Waals surface area (Å²) in [5.41, 5.74) is 1.01. The fourth-order valence-corrected chi connectivity index (χ4v) is 2.47. The summed E-state index contributed by atoms with van der Waals surface area (Å²) in [6.07, 6.45) is 2.89. The monoisotopic (exact) mass is 329 g/mol. The summed E-state index contributed by atoms with van der Waals surface area (Å²) in [5, 5.41) is 7.11. The molecule has 24 heavy (non-hydrogen) atoms. The third-order valence-electron chi connectivity index (χ3n) is 3.86. The van der Waals surface area contributed by atoms with Gasteiger partial charge in [0.1, 0.15) is 5.56 Å². The first-order valence-electron chi connectivity index (χ1n) is 8.23. The Morgan fingerprint density at radius 2 is 1.83 bits per heavy atom. The Labute approximate surface area is 141 Å². The number of nitrogens with zero attached hydrogens (tertiary/aromatic N) is 2. The quantitative estimate of drug-likeness (QED) is 0.790. The van der Waals surface area contributed by atoms with Crippen molar-refractivity contribution in [3.63, 3.8) is 0 Å². The van der Waals surface area contributed by atoms with E-state index in [9.17, 15) is 9.59 Å². The molecule has 1 heterocycles. The predicted octanol–water partition coefficient (Wildman–Crippen LogP) is 3.42. The van der Waals surface area contributed by atoms with Crippen molar-refractivity contribution in [2.24, 2.45) is 5.92 Å². The zero-order valence-electron chi connectivity index (χ0n) is 14.3. The average Bonchev–Trinajstić information content (AvgIpc) is 3.00. The normalized spacial score (nSPS) is 10.7. The maximum absolute atomic E-state index is 12.5. The fraction of sp³-hybridized carbons (Fsp3) is 0.389. The molecule has 1 aromatic heterocycles. The number of carbonyl (C=O) groups excluding carboxylic acids is 2. The minimum absolute atomic E-state index is 0.112. The van der Waals surface area contributed by atoms with Gasteiger partial charge in [-0.05, 0) is 31.9 Å². The van der Waals surface area contributed by atoms with Crippen molar-refractivity contribution >= 4 is 17.7 Å². The highest BCUT2D eigenvalue weighted by Crippen LogP contribution is 2.23. The molecule has 0 atom stereocenters. The Bertz CT molecular complexity index is 691. The average molecular weight is 329 g/mol. The molecule has 0 saturated heterocycles. The third kappa shape index (κ3) is 3.82. The van der Waals surface area contributed by atoms with Crippen LogP contribution in [-0.4, -0.2) is 28.3 Å². The second-order valence-electron chi connectivity index (χ2n) is 5.38. The molecule has 0 saturated carbocycles. The van der Waals surface area contributed by atoms with Gasteiger partial charge < -0.3 is 10.1 Å². The molecule has 0 aliphatic heterocycles. The van der Waals surface area contributed by atoms with Crippen LogP contribution >= 0.6 is 0 Å². The number of rotatable bonds is 7. The molecule has 6 nitrogen and oxygen atoms in total. The lowest BCUT2D eigenvalue weighted by Gasteiger charge is -2.15. The van der Waals surface area contributed by atoms with E-state index in [-0.39, 0.29) is 24.0 Å². The Hall–Kier alpha value is -2.63. The molecule has 0 bridgehead atoms. The number of carbonyl (C=O) groups is 2. The first-order valence-corrected chi connectivity index (χ1v) is 8.23. The van der Waals surface area contributed by atoms with Gasteiger partial charge in [0, 0.05) is 5.92 Å². The van der Waals surface area contributed by atoms with Gasteiger partial charge in [-0.15, -0.1) is 0 Å². The molecule has 128 valence electrons. The van der Waals surface area contributed by atoms with Gasteiger partial charge in [0.15, 0.2) is 5.82 Å². The lowest BCUT2D eigenvalue weighted by atomic mass is 10.0. The van der Waals surface area contributed by atoms with E-state index < -0.39 is 5.97 Å². The maximum atomic E-state index is 12.5. The van der Waals surface area contributed by atoms with Crippen molar-refractivity contribution in [2.45, 2.75) is 33.6 Å². The van der Waals surface area contributed by atoms with Gasteiger partial charge in [0.05, 0.1) is 18.5 Å². The SMILES string of the molecule is CCOC(=O)c1cnn(-c2ccccc2)c1NC(=O)C(CC)CC. The smallest absolute Gasteiger partial charge is 0.343 e. The van der Waals surface area contributed by atoms with Crippen LogP contribution in [0.1, 0.15) is 44.0 Å². The largest absolute Gasteiger partial charge is 0.462 e. The summed E-state index contributed by atoms with van der Waals surface area (Å²) in [7, 11) is 0. The number of nitrogens with one attached hydrogen (secondary N) is 1. The first-order chi connectivity index (χ1) is 11.6. The van der Waals surface area contributed by atoms with Crippen LogP contribution < -0.4 is 5.32 Å². The predicted molar refractivity (Wildman–Crippen MR) is 92.2 cm³/mol. The molecule has 2 aromatic rings. The summed E-state index contributed by atoms with van der Waals surface area (Å²) < 4.78 is 6.62. The van der Waals surface area contributed by atoms with Crippen LogP contribution in [0.25, 0.3) is 5.69 Å². The van der Waals surface area contributed by atoms with E-state index in [0.29, 0.717) is 5.82 Å². The van der Waals surface area contributed by atoms with Crippen molar-refractivity contribution in [1.29, 1.82) is 0 Å². The van der Waals surface area contributed by atoms with E-state index in [0.717, 1.165) is 18.5 Å². The fourth-order valence-electron chi connectivity index (χ4n) is 2.47. The molecule has 0 radical (unpaired) electrons. The van der Waals surface area contributed by atoms with Gasteiger partial charge >= 0.3 is 5.97 Å². The van der Waals surface area contributed by atoms with E-state index in [4.69, 9.17) is 4.74 Å². The molecular weight excluding hydrogens is 306 g/mol. The van der Waals surface area contributed by atoms with Crippen LogP contribution in [-0.2, 0) is 9.53 Å². The van der Waals surface area contributed by atoms with E-state index in [2.05, 4.69) is 10.4 Å². The summed E-state index contributed by atoms with van der Waals surface area (Å²) >= 11 is 0. The highest BCUT2D eigenvalue weighted by Gasteiger charge is 2.23. The molecule has 2 rings (SSSR count). The van der Waals surface area contributed by atoms with E-state index in [1.54, 1.807) is 11.6 Å². The Morgan fingerprint density at radius 3 is 2.42 bits per heavy atom. The number of benzene rings is 1. The van der Waals surface area contributed by atoms with Crippen molar-refractivity contribution in [3.05, 3.63) is 42.1 Å². The molecule has 0 unspecified atom stereocenters. The van der Waals surface area contributed by atoms with Crippen molar-refractivity contribution in [1.82, 2.24) is 9.78 Å². The number of aromatic nitrogens is 2. The van der Waals surface area contributed by atoms with Crippen molar-refractivity contribution in [2.75, 3.05) is 11.9 Å². The van der Waals surface area contributed by atoms with Gasteiger partial charge in [-0.3, -0.25) is 4.79 Å². The molecule has 1 amide bonds. The van der Waals surface area contributed by atoms with Crippen LogP contribution in [0, 0.1) is 5.92 Å².